The number of nitrogens with two attached hydrogens (primary N) is 1. The van der Waals surface area contributed by atoms with Crippen molar-refractivity contribution in [3.8, 4) is 11.3 Å². The Bertz CT molecular complexity index is 982. The molecule has 1 aliphatic heterocycles. The van der Waals surface area contributed by atoms with Gasteiger partial charge < -0.3 is 20.8 Å². The SMILES string of the molecule is Nc1ccccc1NC(=O)/C=C/c1ccc(-c2cnn(C3CCNCC3)c2)o1. The summed E-state index contributed by atoms with van der Waals surface area (Å²) in [6, 6.07) is 11.3. The Morgan fingerprint density at radius 2 is 2.07 bits per heavy atom. The number of amides is 1. The quantitative estimate of drug-likeness (QED) is 0.468. The molecule has 0 aliphatic carbocycles. The fourth-order valence-electron chi connectivity index (χ4n) is 3.28. The molecule has 0 spiro atoms. The van der Waals surface area contributed by atoms with Gasteiger partial charge in [0.05, 0.1) is 29.2 Å². The van der Waals surface area contributed by atoms with Crippen molar-refractivity contribution in [3.63, 3.8) is 0 Å². The van der Waals surface area contributed by atoms with Crippen LogP contribution in [0.1, 0.15) is 24.6 Å². The zero-order chi connectivity index (χ0) is 19.3. The summed E-state index contributed by atoms with van der Waals surface area (Å²) in [6.45, 7) is 2.04. The van der Waals surface area contributed by atoms with Gasteiger partial charge in [0.2, 0.25) is 5.91 Å². The van der Waals surface area contributed by atoms with Gasteiger partial charge in [-0.25, -0.2) is 0 Å². The zero-order valence-electron chi connectivity index (χ0n) is 15.5. The van der Waals surface area contributed by atoms with Crippen molar-refractivity contribution in [1.29, 1.82) is 0 Å². The Morgan fingerprint density at radius 1 is 1.25 bits per heavy atom. The number of furan rings is 1. The van der Waals surface area contributed by atoms with E-state index in [0.29, 0.717) is 23.2 Å². The van der Waals surface area contributed by atoms with Gasteiger partial charge in [0, 0.05) is 12.3 Å². The molecule has 1 saturated heterocycles. The minimum atomic E-state index is -0.269. The summed E-state index contributed by atoms with van der Waals surface area (Å²) in [5.41, 5.74) is 7.87. The molecular weight excluding hydrogens is 354 g/mol. The first-order chi connectivity index (χ1) is 13.7. The summed E-state index contributed by atoms with van der Waals surface area (Å²) in [5, 5.41) is 10.6. The summed E-state index contributed by atoms with van der Waals surface area (Å²) in [5.74, 6) is 1.06. The summed E-state index contributed by atoms with van der Waals surface area (Å²) >= 11 is 0. The normalized spacial score (nSPS) is 15.1. The molecule has 0 unspecified atom stereocenters. The average molecular weight is 377 g/mol. The monoisotopic (exact) mass is 377 g/mol. The average Bonchev–Trinajstić information content (AvgIpc) is 3.38. The number of nitrogen functional groups attached to an aromatic ring is 1. The predicted octanol–water partition coefficient (Wildman–Crippen LogP) is 3.30. The van der Waals surface area contributed by atoms with E-state index in [-0.39, 0.29) is 5.91 Å². The van der Waals surface area contributed by atoms with Gasteiger partial charge in [0.15, 0.2) is 0 Å². The molecule has 7 heteroatoms. The number of nitrogens with zero attached hydrogens (tertiary/aromatic N) is 2. The first-order valence-electron chi connectivity index (χ1n) is 9.38. The molecule has 4 N–H and O–H groups in total. The van der Waals surface area contributed by atoms with Crippen LogP contribution in [-0.2, 0) is 4.79 Å². The van der Waals surface area contributed by atoms with E-state index >= 15 is 0 Å². The number of para-hydroxylation sites is 2. The van der Waals surface area contributed by atoms with Gasteiger partial charge in [-0.1, -0.05) is 12.1 Å². The fourth-order valence-corrected chi connectivity index (χ4v) is 3.28. The van der Waals surface area contributed by atoms with Gasteiger partial charge in [-0.05, 0) is 56.3 Å². The number of carbonyl (C=O) groups is 1. The van der Waals surface area contributed by atoms with Crippen molar-refractivity contribution < 1.29 is 9.21 Å². The molecule has 3 heterocycles. The van der Waals surface area contributed by atoms with Crippen molar-refractivity contribution in [2.75, 3.05) is 24.1 Å². The van der Waals surface area contributed by atoms with Crippen molar-refractivity contribution in [2.45, 2.75) is 18.9 Å². The van der Waals surface area contributed by atoms with Crippen LogP contribution in [-0.4, -0.2) is 28.8 Å². The van der Waals surface area contributed by atoms with Crippen molar-refractivity contribution in [3.05, 3.63) is 60.6 Å². The molecule has 1 aliphatic rings. The summed E-state index contributed by atoms with van der Waals surface area (Å²) < 4.78 is 7.86. The van der Waals surface area contributed by atoms with Crippen molar-refractivity contribution >= 4 is 23.4 Å². The van der Waals surface area contributed by atoms with Gasteiger partial charge in [-0.2, -0.15) is 5.10 Å². The fraction of sp³-hybridized carbons (Fsp3) is 0.238. The number of piperidine rings is 1. The second kappa shape index (κ2) is 8.14. The summed E-state index contributed by atoms with van der Waals surface area (Å²) in [4.78, 5) is 12.1. The standard InChI is InChI=1S/C21H23N5O2/c22-18-3-1-2-4-19(18)25-21(27)8-6-17-5-7-20(28-17)15-13-24-26(14-15)16-9-11-23-12-10-16/h1-8,13-14,16,23H,9-12,22H2,(H,25,27)/b8-6+. The van der Waals surface area contributed by atoms with E-state index in [4.69, 9.17) is 10.2 Å². The third-order valence-corrected chi connectivity index (χ3v) is 4.81. The number of aromatic nitrogens is 2. The van der Waals surface area contributed by atoms with Crippen LogP contribution in [0.3, 0.4) is 0 Å². The molecule has 0 bridgehead atoms. The highest BCUT2D eigenvalue weighted by molar-refractivity contribution is 6.03. The second-order valence-electron chi connectivity index (χ2n) is 6.80. The van der Waals surface area contributed by atoms with Crippen LogP contribution < -0.4 is 16.4 Å². The van der Waals surface area contributed by atoms with Gasteiger partial charge in [0.25, 0.3) is 0 Å². The molecule has 2 aromatic heterocycles. The van der Waals surface area contributed by atoms with Crippen LogP contribution in [0.4, 0.5) is 11.4 Å². The molecule has 1 amide bonds. The largest absolute Gasteiger partial charge is 0.457 e. The number of anilines is 2. The Kier molecular flexibility index (Phi) is 5.25. The maximum atomic E-state index is 12.1. The van der Waals surface area contributed by atoms with E-state index in [1.54, 1.807) is 18.2 Å². The predicted molar refractivity (Wildman–Crippen MR) is 110 cm³/mol. The van der Waals surface area contributed by atoms with Gasteiger partial charge in [0.1, 0.15) is 11.5 Å². The lowest BCUT2D eigenvalue weighted by molar-refractivity contribution is -0.111. The highest BCUT2D eigenvalue weighted by Crippen LogP contribution is 2.25. The van der Waals surface area contributed by atoms with E-state index in [1.165, 1.54) is 6.08 Å². The number of hydrogen-bond donors (Lipinski definition) is 3. The number of hydrogen-bond acceptors (Lipinski definition) is 5. The second-order valence-corrected chi connectivity index (χ2v) is 6.80. The lowest BCUT2D eigenvalue weighted by Gasteiger charge is -2.22. The van der Waals surface area contributed by atoms with Crippen molar-refractivity contribution in [1.82, 2.24) is 15.1 Å². The third-order valence-electron chi connectivity index (χ3n) is 4.81. The van der Waals surface area contributed by atoms with Crippen LogP contribution in [0.15, 0.2) is 59.3 Å². The molecule has 0 radical (unpaired) electrons. The number of carbonyl (C=O) groups excluding carboxylic acids is 1. The summed E-state index contributed by atoms with van der Waals surface area (Å²) in [6.07, 6.45) is 9.05. The first-order valence-corrected chi connectivity index (χ1v) is 9.38. The Balaban J connectivity index is 1.40. The molecule has 1 fully saturated rings. The molecule has 4 rings (SSSR count). The Morgan fingerprint density at radius 3 is 2.89 bits per heavy atom. The van der Waals surface area contributed by atoms with Crippen LogP contribution in [0.5, 0.6) is 0 Å². The Labute approximate surface area is 163 Å². The third kappa shape index (κ3) is 4.15. The highest BCUT2D eigenvalue weighted by Gasteiger charge is 2.16. The maximum Gasteiger partial charge on any atom is 0.248 e. The smallest absolute Gasteiger partial charge is 0.248 e. The van der Waals surface area contributed by atoms with E-state index < -0.39 is 0 Å². The van der Waals surface area contributed by atoms with Gasteiger partial charge >= 0.3 is 0 Å². The van der Waals surface area contributed by atoms with Crippen LogP contribution in [0.2, 0.25) is 0 Å². The molecule has 0 saturated carbocycles. The highest BCUT2D eigenvalue weighted by atomic mass is 16.3. The molecular formula is C21H23N5O2. The number of benzene rings is 1. The van der Waals surface area contributed by atoms with Crippen LogP contribution in [0.25, 0.3) is 17.4 Å². The van der Waals surface area contributed by atoms with E-state index in [9.17, 15) is 4.79 Å². The molecule has 144 valence electrons. The zero-order valence-corrected chi connectivity index (χ0v) is 15.5. The molecule has 0 atom stereocenters. The number of rotatable bonds is 5. The van der Waals surface area contributed by atoms with E-state index in [1.807, 2.05) is 41.3 Å². The topological polar surface area (TPSA) is 98.1 Å². The maximum absolute atomic E-state index is 12.1. The van der Waals surface area contributed by atoms with Crippen LogP contribution in [0, 0.1) is 0 Å². The molecule has 1 aromatic carbocycles. The minimum Gasteiger partial charge on any atom is -0.457 e. The number of nitrogens with one attached hydrogen (secondary N) is 2. The lowest BCUT2D eigenvalue weighted by Crippen LogP contribution is -2.29. The lowest BCUT2D eigenvalue weighted by atomic mass is 10.1. The Hall–Kier alpha value is -3.32. The molecule has 3 aromatic rings. The molecule has 28 heavy (non-hydrogen) atoms. The van der Waals surface area contributed by atoms with Crippen LogP contribution >= 0.6 is 0 Å². The van der Waals surface area contributed by atoms with Gasteiger partial charge in [-0.3, -0.25) is 9.48 Å². The first kappa shape index (κ1) is 18.1. The summed E-state index contributed by atoms with van der Waals surface area (Å²) in [7, 11) is 0. The van der Waals surface area contributed by atoms with E-state index in [2.05, 4.69) is 15.7 Å². The minimum absolute atomic E-state index is 0.269. The molecule has 7 nitrogen and oxygen atoms in total. The van der Waals surface area contributed by atoms with E-state index in [0.717, 1.165) is 37.3 Å². The van der Waals surface area contributed by atoms with Crippen molar-refractivity contribution in [2.24, 2.45) is 0 Å². The van der Waals surface area contributed by atoms with Gasteiger partial charge in [-0.15, -0.1) is 0 Å².